The molecule has 2 aromatic carbocycles. The van der Waals surface area contributed by atoms with Crippen LogP contribution in [0.5, 0.6) is 0 Å². The molecule has 1 aliphatic rings. The Morgan fingerprint density at radius 2 is 1.63 bits per heavy atom. The van der Waals surface area contributed by atoms with E-state index in [1.807, 2.05) is 36.4 Å². The average Bonchev–Trinajstić information content (AvgIpc) is 2.75. The first kappa shape index (κ1) is 17.7. The fourth-order valence-corrected chi connectivity index (χ4v) is 4.46. The molecule has 1 aliphatic heterocycles. The molecule has 4 rings (SSSR count). The van der Waals surface area contributed by atoms with Gasteiger partial charge in [0.05, 0.1) is 28.7 Å². The molecule has 0 amide bonds. The molecule has 138 valence electrons. The first-order valence-electron chi connectivity index (χ1n) is 8.84. The summed E-state index contributed by atoms with van der Waals surface area (Å²) in [4.78, 5) is 7.05. The van der Waals surface area contributed by atoms with Gasteiger partial charge in [-0.25, -0.2) is 8.42 Å². The van der Waals surface area contributed by atoms with Crippen LogP contribution >= 0.6 is 0 Å². The maximum Gasteiger partial charge on any atom is 0.206 e. The van der Waals surface area contributed by atoms with Crippen molar-refractivity contribution < 1.29 is 13.2 Å². The summed E-state index contributed by atoms with van der Waals surface area (Å²) in [6.45, 7) is 3.02. The predicted molar refractivity (Wildman–Crippen MR) is 105 cm³/mol. The van der Waals surface area contributed by atoms with E-state index >= 15 is 0 Å². The van der Waals surface area contributed by atoms with Gasteiger partial charge in [0.1, 0.15) is 0 Å². The molecule has 0 N–H and O–H groups in total. The van der Waals surface area contributed by atoms with E-state index in [-0.39, 0.29) is 9.79 Å². The van der Waals surface area contributed by atoms with Crippen molar-refractivity contribution in [3.05, 3.63) is 72.9 Å². The van der Waals surface area contributed by atoms with Gasteiger partial charge in [0.15, 0.2) is 0 Å². The number of pyridine rings is 1. The van der Waals surface area contributed by atoms with Gasteiger partial charge >= 0.3 is 0 Å². The first-order chi connectivity index (χ1) is 13.1. The Balaban J connectivity index is 1.63. The number of rotatable bonds is 4. The van der Waals surface area contributed by atoms with E-state index < -0.39 is 9.84 Å². The quantitative estimate of drug-likeness (QED) is 0.694. The normalized spacial score (nSPS) is 14.9. The van der Waals surface area contributed by atoms with Crippen LogP contribution < -0.4 is 4.90 Å². The number of ether oxygens (including phenoxy) is 1. The third kappa shape index (κ3) is 3.72. The standard InChI is InChI=1S/C21H20N2O3S/c24-27(25,19-9-7-18(8-10-19)23-12-14-26-15-13-23)20-5-3-4-17(16-20)21-6-1-2-11-22-21/h1-11,16H,12-15H2. The molecule has 1 fully saturated rings. The van der Waals surface area contributed by atoms with Crippen LogP contribution in [0.3, 0.4) is 0 Å². The largest absolute Gasteiger partial charge is 0.378 e. The molecule has 0 unspecified atom stereocenters. The molecule has 0 bridgehead atoms. The van der Waals surface area contributed by atoms with Crippen LogP contribution in [-0.2, 0) is 14.6 Å². The fourth-order valence-electron chi connectivity index (χ4n) is 3.15. The maximum atomic E-state index is 13.1. The highest BCUT2D eigenvalue weighted by Gasteiger charge is 2.19. The molecule has 1 aromatic heterocycles. The second-order valence-electron chi connectivity index (χ2n) is 6.34. The molecule has 3 aromatic rings. The van der Waals surface area contributed by atoms with Crippen molar-refractivity contribution in [2.45, 2.75) is 9.79 Å². The number of aromatic nitrogens is 1. The van der Waals surface area contributed by atoms with E-state index in [2.05, 4.69) is 9.88 Å². The number of hydrogen-bond donors (Lipinski definition) is 0. The summed E-state index contributed by atoms with van der Waals surface area (Å²) in [6, 6.07) is 19.6. The van der Waals surface area contributed by atoms with Gasteiger partial charge in [-0.3, -0.25) is 4.98 Å². The lowest BCUT2D eigenvalue weighted by molar-refractivity contribution is 0.122. The Bertz CT molecular complexity index is 1010. The number of benzene rings is 2. The average molecular weight is 380 g/mol. The fraction of sp³-hybridized carbons (Fsp3) is 0.190. The highest BCUT2D eigenvalue weighted by Crippen LogP contribution is 2.27. The zero-order valence-corrected chi connectivity index (χ0v) is 15.6. The van der Waals surface area contributed by atoms with Crippen molar-refractivity contribution in [3.8, 4) is 11.3 Å². The highest BCUT2D eigenvalue weighted by atomic mass is 32.2. The molecule has 0 radical (unpaired) electrons. The van der Waals surface area contributed by atoms with Crippen molar-refractivity contribution in [2.24, 2.45) is 0 Å². The van der Waals surface area contributed by atoms with Crippen molar-refractivity contribution in [1.82, 2.24) is 4.98 Å². The lowest BCUT2D eigenvalue weighted by atomic mass is 10.1. The lowest BCUT2D eigenvalue weighted by Gasteiger charge is -2.28. The monoisotopic (exact) mass is 380 g/mol. The Hall–Kier alpha value is -2.70. The van der Waals surface area contributed by atoms with Crippen LogP contribution in [0.25, 0.3) is 11.3 Å². The van der Waals surface area contributed by atoms with Crippen LogP contribution in [0.1, 0.15) is 0 Å². The summed E-state index contributed by atoms with van der Waals surface area (Å²) in [5.74, 6) is 0. The SMILES string of the molecule is O=S(=O)(c1ccc(N2CCOCC2)cc1)c1cccc(-c2ccccn2)c1. The second kappa shape index (κ2) is 7.50. The van der Waals surface area contributed by atoms with Gasteiger partial charge in [0, 0.05) is 30.5 Å². The summed E-state index contributed by atoms with van der Waals surface area (Å²) in [7, 11) is -3.59. The summed E-state index contributed by atoms with van der Waals surface area (Å²) >= 11 is 0. The third-order valence-electron chi connectivity index (χ3n) is 4.63. The van der Waals surface area contributed by atoms with Gasteiger partial charge in [0.25, 0.3) is 0 Å². The number of morpholine rings is 1. The topological polar surface area (TPSA) is 59.5 Å². The van der Waals surface area contributed by atoms with Gasteiger partial charge in [-0.15, -0.1) is 0 Å². The minimum Gasteiger partial charge on any atom is -0.378 e. The van der Waals surface area contributed by atoms with Crippen molar-refractivity contribution >= 4 is 15.5 Å². The zero-order valence-electron chi connectivity index (χ0n) is 14.8. The minimum absolute atomic E-state index is 0.268. The molecular weight excluding hydrogens is 360 g/mol. The Morgan fingerprint density at radius 3 is 2.33 bits per heavy atom. The van der Waals surface area contributed by atoms with Gasteiger partial charge in [-0.05, 0) is 48.5 Å². The second-order valence-corrected chi connectivity index (χ2v) is 8.29. The van der Waals surface area contributed by atoms with Crippen LogP contribution in [0.15, 0.2) is 82.7 Å². The summed E-state index contributed by atoms with van der Waals surface area (Å²) in [6.07, 6.45) is 1.70. The number of anilines is 1. The van der Waals surface area contributed by atoms with Crippen molar-refractivity contribution in [3.63, 3.8) is 0 Å². The third-order valence-corrected chi connectivity index (χ3v) is 6.40. The molecular formula is C21H20N2O3S. The van der Waals surface area contributed by atoms with Crippen LogP contribution in [0, 0.1) is 0 Å². The van der Waals surface area contributed by atoms with Gasteiger partial charge in [0.2, 0.25) is 9.84 Å². The molecule has 1 saturated heterocycles. The predicted octanol–water partition coefficient (Wildman–Crippen LogP) is 3.42. The summed E-state index contributed by atoms with van der Waals surface area (Å²) < 4.78 is 31.5. The molecule has 2 heterocycles. The van der Waals surface area contributed by atoms with Gasteiger partial charge in [-0.2, -0.15) is 0 Å². The van der Waals surface area contributed by atoms with Crippen molar-refractivity contribution in [2.75, 3.05) is 31.2 Å². The van der Waals surface area contributed by atoms with Crippen LogP contribution in [-0.4, -0.2) is 39.7 Å². The Kier molecular flexibility index (Phi) is 4.92. The van der Waals surface area contributed by atoms with E-state index in [1.54, 1.807) is 36.5 Å². The molecule has 5 nitrogen and oxygen atoms in total. The van der Waals surface area contributed by atoms with Crippen molar-refractivity contribution in [1.29, 1.82) is 0 Å². The molecule has 6 heteroatoms. The lowest BCUT2D eigenvalue weighted by Crippen LogP contribution is -2.36. The molecule has 0 aliphatic carbocycles. The maximum absolute atomic E-state index is 13.1. The molecule has 0 spiro atoms. The Morgan fingerprint density at radius 1 is 0.852 bits per heavy atom. The molecule has 0 atom stereocenters. The van der Waals surface area contributed by atoms with Crippen LogP contribution in [0.4, 0.5) is 5.69 Å². The summed E-state index contributed by atoms with van der Waals surface area (Å²) in [5, 5.41) is 0. The number of sulfone groups is 1. The number of nitrogens with zero attached hydrogens (tertiary/aromatic N) is 2. The first-order valence-corrected chi connectivity index (χ1v) is 10.3. The van der Waals surface area contributed by atoms with E-state index in [9.17, 15) is 8.42 Å². The minimum atomic E-state index is -3.59. The van der Waals surface area contributed by atoms with E-state index in [0.29, 0.717) is 13.2 Å². The number of hydrogen-bond acceptors (Lipinski definition) is 5. The molecule has 27 heavy (non-hydrogen) atoms. The highest BCUT2D eigenvalue weighted by molar-refractivity contribution is 7.91. The van der Waals surface area contributed by atoms with E-state index in [1.165, 1.54) is 0 Å². The zero-order chi connectivity index (χ0) is 18.7. The van der Waals surface area contributed by atoms with Crippen LogP contribution in [0.2, 0.25) is 0 Å². The van der Waals surface area contributed by atoms with E-state index in [0.717, 1.165) is 30.0 Å². The smallest absolute Gasteiger partial charge is 0.206 e. The Labute approximate surface area is 159 Å². The van der Waals surface area contributed by atoms with Gasteiger partial charge in [-0.1, -0.05) is 18.2 Å². The van der Waals surface area contributed by atoms with Gasteiger partial charge < -0.3 is 9.64 Å². The molecule has 0 saturated carbocycles. The summed E-state index contributed by atoms with van der Waals surface area (Å²) in [5.41, 5.74) is 2.54. The van der Waals surface area contributed by atoms with E-state index in [4.69, 9.17) is 4.74 Å².